The average molecular weight is 264 g/mol. The van der Waals surface area contributed by atoms with Gasteiger partial charge in [-0.2, -0.15) is 0 Å². The van der Waals surface area contributed by atoms with Crippen LogP contribution in [-0.2, 0) is 4.79 Å². The highest BCUT2D eigenvalue weighted by atomic mass is 32.1. The molecular weight excluding hydrogens is 256 g/mol. The standard InChI is InChI=1S/C11H8N2O4S/c12-11(14)8(9-2-1-5-17-9)6-7-3-4-10(18-7)13(15)16/h1-6H,(H2,12,14)/b8-6+. The zero-order valence-electron chi connectivity index (χ0n) is 9.03. The fraction of sp³-hybridized carbons (Fsp3) is 0. The Bertz CT molecular complexity index is 613. The molecule has 0 bridgehead atoms. The summed E-state index contributed by atoms with van der Waals surface area (Å²) in [6.07, 6.45) is 2.89. The van der Waals surface area contributed by atoms with E-state index < -0.39 is 10.8 Å². The Balaban J connectivity index is 2.39. The van der Waals surface area contributed by atoms with Crippen molar-refractivity contribution in [3.05, 3.63) is 51.3 Å². The summed E-state index contributed by atoms with van der Waals surface area (Å²) >= 11 is 0.959. The summed E-state index contributed by atoms with van der Waals surface area (Å²) in [5.41, 5.74) is 5.42. The summed E-state index contributed by atoms with van der Waals surface area (Å²) in [4.78, 5) is 21.9. The first-order valence-corrected chi connectivity index (χ1v) is 5.69. The molecule has 18 heavy (non-hydrogen) atoms. The number of rotatable bonds is 4. The zero-order valence-corrected chi connectivity index (χ0v) is 9.85. The molecule has 0 aliphatic rings. The number of thiophene rings is 1. The Morgan fingerprint density at radius 3 is 2.72 bits per heavy atom. The molecule has 2 aromatic rings. The lowest BCUT2D eigenvalue weighted by Crippen LogP contribution is -2.12. The molecule has 0 radical (unpaired) electrons. The molecule has 0 atom stereocenters. The SMILES string of the molecule is NC(=O)/C(=C/c1ccc([N+](=O)[O-])s1)c1ccco1. The molecule has 7 heteroatoms. The molecule has 0 fully saturated rings. The summed E-state index contributed by atoms with van der Waals surface area (Å²) < 4.78 is 5.09. The van der Waals surface area contributed by atoms with Crippen molar-refractivity contribution in [2.75, 3.05) is 0 Å². The van der Waals surface area contributed by atoms with Crippen molar-refractivity contribution >= 4 is 33.9 Å². The van der Waals surface area contributed by atoms with Crippen LogP contribution in [0.25, 0.3) is 11.6 Å². The minimum atomic E-state index is -0.652. The molecule has 0 spiro atoms. The molecule has 2 rings (SSSR count). The normalized spacial score (nSPS) is 11.4. The van der Waals surface area contributed by atoms with Gasteiger partial charge in [-0.3, -0.25) is 14.9 Å². The maximum absolute atomic E-state index is 11.3. The summed E-state index contributed by atoms with van der Waals surface area (Å²) in [7, 11) is 0. The molecule has 2 heterocycles. The highest BCUT2D eigenvalue weighted by Crippen LogP contribution is 2.28. The van der Waals surface area contributed by atoms with Crippen LogP contribution in [0.1, 0.15) is 10.6 Å². The van der Waals surface area contributed by atoms with E-state index in [1.807, 2.05) is 0 Å². The maximum Gasteiger partial charge on any atom is 0.324 e. The van der Waals surface area contributed by atoms with E-state index in [1.165, 1.54) is 18.4 Å². The van der Waals surface area contributed by atoms with E-state index in [1.54, 1.807) is 18.2 Å². The third-order valence-corrected chi connectivity index (χ3v) is 3.12. The van der Waals surface area contributed by atoms with Crippen LogP contribution in [0.5, 0.6) is 0 Å². The molecule has 92 valence electrons. The van der Waals surface area contributed by atoms with E-state index in [-0.39, 0.29) is 10.6 Å². The summed E-state index contributed by atoms with van der Waals surface area (Å²) in [6, 6.07) is 6.15. The molecule has 6 nitrogen and oxygen atoms in total. The van der Waals surface area contributed by atoms with Crippen molar-refractivity contribution in [2.24, 2.45) is 5.73 Å². The number of carbonyl (C=O) groups excluding carboxylic acids is 1. The lowest BCUT2D eigenvalue weighted by molar-refractivity contribution is -0.380. The minimum absolute atomic E-state index is 0.00418. The molecule has 0 aliphatic carbocycles. The first-order chi connectivity index (χ1) is 8.58. The zero-order chi connectivity index (χ0) is 13.1. The van der Waals surface area contributed by atoms with Gasteiger partial charge in [0.2, 0.25) is 0 Å². The quantitative estimate of drug-likeness (QED) is 0.520. The van der Waals surface area contributed by atoms with E-state index >= 15 is 0 Å². The second kappa shape index (κ2) is 4.84. The van der Waals surface area contributed by atoms with E-state index in [2.05, 4.69) is 0 Å². The first-order valence-electron chi connectivity index (χ1n) is 4.87. The van der Waals surface area contributed by atoms with Gasteiger partial charge in [0.05, 0.1) is 16.8 Å². The number of primary amides is 1. The van der Waals surface area contributed by atoms with Gasteiger partial charge in [0, 0.05) is 10.9 Å². The van der Waals surface area contributed by atoms with Crippen LogP contribution in [0.2, 0.25) is 0 Å². The molecule has 1 amide bonds. The minimum Gasteiger partial charge on any atom is -0.464 e. The van der Waals surface area contributed by atoms with Gasteiger partial charge < -0.3 is 10.2 Å². The topological polar surface area (TPSA) is 99.4 Å². The Hall–Kier alpha value is -2.41. The number of nitro groups is 1. The first kappa shape index (κ1) is 12.1. The smallest absolute Gasteiger partial charge is 0.324 e. The van der Waals surface area contributed by atoms with Crippen LogP contribution in [0, 0.1) is 10.1 Å². The fourth-order valence-corrected chi connectivity index (χ4v) is 2.12. The van der Waals surface area contributed by atoms with Gasteiger partial charge >= 0.3 is 5.00 Å². The van der Waals surface area contributed by atoms with Gasteiger partial charge in [0.25, 0.3) is 5.91 Å². The predicted octanol–water partition coefficient (Wildman–Crippen LogP) is 2.28. The van der Waals surface area contributed by atoms with Crippen LogP contribution in [0.4, 0.5) is 5.00 Å². The maximum atomic E-state index is 11.3. The third-order valence-electron chi connectivity index (χ3n) is 2.13. The number of hydrogen-bond donors (Lipinski definition) is 1. The van der Waals surface area contributed by atoms with Crippen LogP contribution >= 0.6 is 11.3 Å². The van der Waals surface area contributed by atoms with Gasteiger partial charge in [-0.05, 0) is 24.3 Å². The summed E-state index contributed by atoms with van der Waals surface area (Å²) in [5, 5.41) is 10.6. The Kier molecular flexibility index (Phi) is 3.24. The van der Waals surface area contributed by atoms with Crippen molar-refractivity contribution in [3.63, 3.8) is 0 Å². The lowest BCUT2D eigenvalue weighted by atomic mass is 10.1. The lowest BCUT2D eigenvalue weighted by Gasteiger charge is -1.97. The number of nitrogens with two attached hydrogens (primary N) is 1. The predicted molar refractivity (Wildman–Crippen MR) is 66.7 cm³/mol. The van der Waals surface area contributed by atoms with Gasteiger partial charge in [-0.15, -0.1) is 0 Å². The van der Waals surface area contributed by atoms with Gasteiger partial charge in [-0.25, -0.2) is 0 Å². The fourth-order valence-electron chi connectivity index (χ4n) is 1.36. The van der Waals surface area contributed by atoms with Crippen LogP contribution in [0.3, 0.4) is 0 Å². The number of carbonyl (C=O) groups is 1. The van der Waals surface area contributed by atoms with Crippen molar-refractivity contribution in [3.8, 4) is 0 Å². The number of nitrogens with zero attached hydrogens (tertiary/aromatic N) is 1. The number of amides is 1. The highest BCUT2D eigenvalue weighted by Gasteiger charge is 2.14. The Morgan fingerprint density at radius 2 is 2.22 bits per heavy atom. The summed E-state index contributed by atoms with van der Waals surface area (Å²) in [5.74, 6) is -0.320. The van der Waals surface area contributed by atoms with Gasteiger partial charge in [-0.1, -0.05) is 11.3 Å². The van der Waals surface area contributed by atoms with E-state index in [0.717, 1.165) is 11.3 Å². The van der Waals surface area contributed by atoms with Gasteiger partial charge in [0.1, 0.15) is 5.76 Å². The van der Waals surface area contributed by atoms with Crippen molar-refractivity contribution in [1.29, 1.82) is 0 Å². The van der Waals surface area contributed by atoms with E-state index in [4.69, 9.17) is 10.2 Å². The molecule has 0 saturated carbocycles. The van der Waals surface area contributed by atoms with Gasteiger partial charge in [0.15, 0.2) is 0 Å². The van der Waals surface area contributed by atoms with Crippen molar-refractivity contribution < 1.29 is 14.1 Å². The molecule has 0 aliphatic heterocycles. The molecular formula is C11H8N2O4S. The van der Waals surface area contributed by atoms with E-state index in [9.17, 15) is 14.9 Å². The Labute approximate surface area is 105 Å². The monoisotopic (exact) mass is 264 g/mol. The van der Waals surface area contributed by atoms with Crippen molar-refractivity contribution in [2.45, 2.75) is 0 Å². The molecule has 2 N–H and O–H groups in total. The van der Waals surface area contributed by atoms with Crippen molar-refractivity contribution in [1.82, 2.24) is 0 Å². The second-order valence-electron chi connectivity index (χ2n) is 3.33. The van der Waals surface area contributed by atoms with Crippen LogP contribution in [0.15, 0.2) is 34.9 Å². The molecule has 0 aromatic carbocycles. The van der Waals surface area contributed by atoms with E-state index in [0.29, 0.717) is 10.6 Å². The molecule has 2 aromatic heterocycles. The third kappa shape index (κ3) is 2.46. The number of hydrogen-bond acceptors (Lipinski definition) is 5. The second-order valence-corrected chi connectivity index (χ2v) is 4.43. The Morgan fingerprint density at radius 1 is 1.44 bits per heavy atom. The summed E-state index contributed by atoms with van der Waals surface area (Å²) in [6.45, 7) is 0. The molecule has 0 unspecified atom stereocenters. The number of furan rings is 1. The molecule has 0 saturated heterocycles. The van der Waals surface area contributed by atoms with Crippen LogP contribution in [-0.4, -0.2) is 10.8 Å². The largest absolute Gasteiger partial charge is 0.464 e. The highest BCUT2D eigenvalue weighted by molar-refractivity contribution is 7.16. The van der Waals surface area contributed by atoms with Crippen LogP contribution < -0.4 is 5.73 Å². The average Bonchev–Trinajstić information content (AvgIpc) is 2.96.